The first-order chi connectivity index (χ1) is 14.2. The lowest BCUT2D eigenvalue weighted by Crippen LogP contribution is -2.49. The molecule has 5 nitrogen and oxygen atoms in total. The molecule has 0 bridgehead atoms. The van der Waals surface area contributed by atoms with E-state index in [0.29, 0.717) is 13.1 Å². The van der Waals surface area contributed by atoms with Crippen molar-refractivity contribution >= 4 is 49.2 Å². The van der Waals surface area contributed by atoms with Crippen LogP contribution in [0.3, 0.4) is 0 Å². The Morgan fingerprint density at radius 3 is 2.72 bits per heavy atom. The second-order valence-electron chi connectivity index (χ2n) is 7.58. The molecule has 150 valence electrons. The van der Waals surface area contributed by atoms with Gasteiger partial charge in [0, 0.05) is 56.0 Å². The summed E-state index contributed by atoms with van der Waals surface area (Å²) in [5.74, 6) is 0. The van der Waals surface area contributed by atoms with Crippen LogP contribution in [0.4, 0.5) is 5.13 Å². The fraction of sp³-hybridized carbons (Fsp3) is 0.318. The molecule has 1 aliphatic rings. The monoisotopic (exact) mass is 426 g/mol. The highest BCUT2D eigenvalue weighted by Crippen LogP contribution is 2.31. The van der Waals surface area contributed by atoms with Crippen molar-refractivity contribution in [2.45, 2.75) is 12.6 Å². The lowest BCUT2D eigenvalue weighted by molar-refractivity contribution is 0.0960. The summed E-state index contributed by atoms with van der Waals surface area (Å²) in [6.07, 6.45) is 1.67. The number of nitrogens with zero attached hydrogens (tertiary/aromatic N) is 4. The van der Waals surface area contributed by atoms with Crippen molar-refractivity contribution < 1.29 is 5.11 Å². The molecule has 3 heterocycles. The molecule has 4 aromatic rings. The number of fused-ring (bicyclic) bond motifs is 2. The van der Waals surface area contributed by atoms with E-state index in [9.17, 15) is 5.11 Å². The average Bonchev–Trinajstić information content (AvgIpc) is 3.32. The van der Waals surface area contributed by atoms with E-state index >= 15 is 0 Å². The number of hydrogen-bond acceptors (Lipinski definition) is 5. The maximum atomic E-state index is 10.6. The Balaban J connectivity index is 1.18. The van der Waals surface area contributed by atoms with Crippen LogP contribution in [0, 0.1) is 0 Å². The molecule has 1 atom stereocenters. The van der Waals surface area contributed by atoms with Gasteiger partial charge in [0.25, 0.3) is 0 Å². The van der Waals surface area contributed by atoms with Crippen molar-refractivity contribution in [3.05, 3.63) is 59.8 Å². The van der Waals surface area contributed by atoms with Crippen LogP contribution in [0.1, 0.15) is 0 Å². The van der Waals surface area contributed by atoms with E-state index in [-0.39, 0.29) is 6.10 Å². The summed E-state index contributed by atoms with van der Waals surface area (Å²) in [5.41, 5.74) is 2.18. The van der Waals surface area contributed by atoms with Gasteiger partial charge in [0.2, 0.25) is 0 Å². The van der Waals surface area contributed by atoms with Crippen LogP contribution < -0.4 is 4.90 Å². The second kappa shape index (κ2) is 7.95. The van der Waals surface area contributed by atoms with E-state index in [2.05, 4.69) is 38.8 Å². The number of aliphatic hydroxyl groups excluding tert-OH is 1. The second-order valence-corrected chi connectivity index (χ2v) is 9.02. The van der Waals surface area contributed by atoms with Gasteiger partial charge < -0.3 is 14.6 Å². The number of rotatable bonds is 5. The largest absolute Gasteiger partial charge is 0.390 e. The molecule has 1 saturated heterocycles. The fourth-order valence-electron chi connectivity index (χ4n) is 4.03. The first-order valence-electron chi connectivity index (χ1n) is 9.91. The minimum absolute atomic E-state index is 0.387. The Labute approximate surface area is 178 Å². The Bertz CT molecular complexity index is 1130. The zero-order chi connectivity index (χ0) is 19.8. The van der Waals surface area contributed by atoms with Crippen LogP contribution in [0.2, 0.25) is 5.02 Å². The lowest BCUT2D eigenvalue weighted by atomic mass is 10.2. The van der Waals surface area contributed by atoms with Gasteiger partial charge in [-0.05, 0) is 35.7 Å². The van der Waals surface area contributed by atoms with Crippen molar-refractivity contribution in [2.24, 2.45) is 0 Å². The normalized spacial score (nSPS) is 16.7. The topological polar surface area (TPSA) is 44.5 Å². The standard InChI is InChI=1S/C22H23ClN4OS/c23-17-5-6-19-21(13-17)29-22(24-19)26-11-9-25(10-12-26)14-18(28)15-27-8-7-16-3-1-2-4-20(16)27/h1-8,13,18,28H,9-12,14-15H2/t18-/m1/s1. The molecule has 2 aromatic heterocycles. The van der Waals surface area contributed by atoms with Crippen LogP contribution in [0.25, 0.3) is 21.1 Å². The molecule has 7 heteroatoms. The zero-order valence-corrected chi connectivity index (χ0v) is 17.6. The molecular formula is C22H23ClN4OS. The summed E-state index contributed by atoms with van der Waals surface area (Å²) in [6.45, 7) is 5.02. The number of piperazine rings is 1. The summed E-state index contributed by atoms with van der Waals surface area (Å²) in [4.78, 5) is 9.44. The van der Waals surface area contributed by atoms with Crippen molar-refractivity contribution in [3.63, 3.8) is 0 Å². The predicted molar refractivity (Wildman–Crippen MR) is 121 cm³/mol. The van der Waals surface area contributed by atoms with Crippen molar-refractivity contribution in [2.75, 3.05) is 37.6 Å². The van der Waals surface area contributed by atoms with Crippen LogP contribution in [-0.2, 0) is 6.54 Å². The third-order valence-electron chi connectivity index (χ3n) is 5.54. The molecule has 0 spiro atoms. The van der Waals surface area contributed by atoms with Crippen LogP contribution in [-0.4, -0.2) is 58.4 Å². The Morgan fingerprint density at radius 1 is 1.03 bits per heavy atom. The molecule has 0 saturated carbocycles. The highest BCUT2D eigenvalue weighted by Gasteiger charge is 2.22. The third kappa shape index (κ3) is 3.98. The molecule has 0 aliphatic carbocycles. The maximum absolute atomic E-state index is 10.6. The van der Waals surface area contributed by atoms with Crippen LogP contribution in [0.5, 0.6) is 0 Å². The average molecular weight is 427 g/mol. The molecule has 1 aliphatic heterocycles. The number of halogens is 1. The van der Waals surface area contributed by atoms with E-state index in [1.807, 2.05) is 30.3 Å². The fourth-order valence-corrected chi connectivity index (χ4v) is 5.32. The molecule has 1 fully saturated rings. The highest BCUT2D eigenvalue weighted by atomic mass is 35.5. The summed E-state index contributed by atoms with van der Waals surface area (Å²) >= 11 is 7.79. The quantitative estimate of drug-likeness (QED) is 0.522. The molecule has 2 aromatic carbocycles. The summed E-state index contributed by atoms with van der Waals surface area (Å²) in [6, 6.07) is 16.2. The number of aliphatic hydroxyl groups is 1. The molecule has 1 N–H and O–H groups in total. The number of thiazole rings is 1. The van der Waals surface area contributed by atoms with E-state index in [1.165, 1.54) is 10.9 Å². The van der Waals surface area contributed by atoms with Gasteiger partial charge in [0.1, 0.15) is 0 Å². The van der Waals surface area contributed by atoms with Crippen molar-refractivity contribution in [3.8, 4) is 0 Å². The van der Waals surface area contributed by atoms with Crippen molar-refractivity contribution in [1.82, 2.24) is 14.5 Å². The number of para-hydroxylation sites is 1. The van der Waals surface area contributed by atoms with E-state index in [1.54, 1.807) is 11.3 Å². The number of aromatic nitrogens is 2. The van der Waals surface area contributed by atoms with Gasteiger partial charge in [-0.1, -0.05) is 41.1 Å². The molecule has 0 radical (unpaired) electrons. The molecule has 5 rings (SSSR count). The van der Waals surface area contributed by atoms with Gasteiger partial charge in [-0.25, -0.2) is 4.98 Å². The van der Waals surface area contributed by atoms with E-state index in [0.717, 1.165) is 46.5 Å². The first-order valence-corrected chi connectivity index (χ1v) is 11.1. The van der Waals surface area contributed by atoms with Gasteiger partial charge in [0.15, 0.2) is 5.13 Å². The molecule has 0 amide bonds. The minimum Gasteiger partial charge on any atom is -0.390 e. The highest BCUT2D eigenvalue weighted by molar-refractivity contribution is 7.22. The van der Waals surface area contributed by atoms with Crippen molar-refractivity contribution in [1.29, 1.82) is 0 Å². The van der Waals surface area contributed by atoms with E-state index in [4.69, 9.17) is 16.6 Å². The molecule has 0 unspecified atom stereocenters. The SMILES string of the molecule is O[C@H](CN1CCN(c2nc3ccc(Cl)cc3s2)CC1)Cn1ccc2ccccc21. The third-order valence-corrected chi connectivity index (χ3v) is 6.85. The maximum Gasteiger partial charge on any atom is 0.186 e. The predicted octanol–water partition coefficient (Wildman–Crippen LogP) is 4.09. The number of anilines is 1. The Kier molecular flexibility index (Phi) is 5.18. The summed E-state index contributed by atoms with van der Waals surface area (Å²) in [7, 11) is 0. The van der Waals surface area contributed by atoms with Gasteiger partial charge in [-0.15, -0.1) is 0 Å². The summed E-state index contributed by atoms with van der Waals surface area (Å²) < 4.78 is 3.27. The number of hydrogen-bond donors (Lipinski definition) is 1. The van der Waals surface area contributed by atoms with Crippen LogP contribution >= 0.6 is 22.9 Å². The number of benzene rings is 2. The van der Waals surface area contributed by atoms with Gasteiger partial charge in [0.05, 0.1) is 16.3 Å². The first kappa shape index (κ1) is 18.9. The Hall–Kier alpha value is -2.12. The van der Waals surface area contributed by atoms with Gasteiger partial charge >= 0.3 is 0 Å². The smallest absolute Gasteiger partial charge is 0.186 e. The molecular weight excluding hydrogens is 404 g/mol. The van der Waals surface area contributed by atoms with E-state index < -0.39 is 0 Å². The summed E-state index contributed by atoms with van der Waals surface area (Å²) in [5, 5.41) is 13.7. The zero-order valence-electron chi connectivity index (χ0n) is 16.0. The van der Waals surface area contributed by atoms with Crippen LogP contribution in [0.15, 0.2) is 54.7 Å². The Morgan fingerprint density at radius 2 is 1.86 bits per heavy atom. The molecule has 29 heavy (non-hydrogen) atoms. The van der Waals surface area contributed by atoms with Gasteiger partial charge in [-0.3, -0.25) is 4.90 Å². The van der Waals surface area contributed by atoms with Gasteiger partial charge in [-0.2, -0.15) is 0 Å². The lowest BCUT2D eigenvalue weighted by Gasteiger charge is -2.35. The number of β-amino-alcohol motifs (C(OH)–C–C–N with tert-alkyl or cyclic N) is 1. The minimum atomic E-state index is -0.387.